The highest BCUT2D eigenvalue weighted by Gasteiger charge is 2.20. The third kappa shape index (κ3) is 4.32. The summed E-state index contributed by atoms with van der Waals surface area (Å²) < 4.78 is 7.36. The van der Waals surface area contributed by atoms with Gasteiger partial charge < -0.3 is 4.74 Å². The molecule has 0 unspecified atom stereocenters. The van der Waals surface area contributed by atoms with Crippen molar-refractivity contribution in [3.8, 4) is 17.5 Å². The smallest absolute Gasteiger partial charge is 0.273 e. The fourth-order valence-electron chi connectivity index (χ4n) is 3.71. The molecule has 2 aromatic carbocycles. The maximum absolute atomic E-state index is 13.6. The lowest BCUT2D eigenvalue weighted by molar-refractivity contribution is 0.105. The first-order valence-corrected chi connectivity index (χ1v) is 11.3. The third-order valence-electron chi connectivity index (χ3n) is 5.34. The van der Waals surface area contributed by atoms with Crippen LogP contribution >= 0.6 is 11.3 Å². The molecule has 2 aromatic heterocycles. The molecule has 0 saturated heterocycles. The van der Waals surface area contributed by atoms with E-state index in [1.54, 1.807) is 48.7 Å². The number of thiazole rings is 1. The quantitative estimate of drug-likeness (QED) is 0.421. The zero-order chi connectivity index (χ0) is 24.2. The first kappa shape index (κ1) is 22.9. The number of pyridine rings is 1. The number of para-hydroxylation sites is 1. The molecule has 0 spiro atoms. The molecule has 0 saturated carbocycles. The first-order chi connectivity index (χ1) is 16.4. The largest absolute Gasteiger partial charge is 0.497 e. The standard InChI is InChI=1S/C27H21N3O3S/c1-17-8-6-9-18(2)24(17)30-26(32)23(15-20-11-4-5-13-29-20)34-27(30)22(16-28)25(31)19-10-7-12-21(14-19)33-3/h4-15H,1-3H3. The van der Waals surface area contributed by atoms with Crippen LogP contribution < -0.4 is 19.5 Å². The Morgan fingerprint density at radius 3 is 2.47 bits per heavy atom. The number of ketones is 1. The number of ether oxygens (including phenoxy) is 1. The minimum Gasteiger partial charge on any atom is -0.497 e. The van der Waals surface area contributed by atoms with E-state index in [4.69, 9.17) is 4.74 Å². The molecule has 4 aromatic rings. The molecule has 0 fully saturated rings. The van der Waals surface area contributed by atoms with Gasteiger partial charge in [0, 0.05) is 11.8 Å². The Labute approximate surface area is 200 Å². The van der Waals surface area contributed by atoms with Crippen molar-refractivity contribution in [2.45, 2.75) is 13.8 Å². The van der Waals surface area contributed by atoms with E-state index >= 15 is 0 Å². The summed E-state index contributed by atoms with van der Waals surface area (Å²) in [6, 6.07) is 19.8. The van der Waals surface area contributed by atoms with Crippen LogP contribution in [0.2, 0.25) is 0 Å². The summed E-state index contributed by atoms with van der Waals surface area (Å²) in [5.74, 6) is 0.0256. The molecule has 4 rings (SSSR count). The summed E-state index contributed by atoms with van der Waals surface area (Å²) in [6.07, 6.45) is 3.31. The average molecular weight is 468 g/mol. The molecule has 0 N–H and O–H groups in total. The molecule has 6 nitrogen and oxygen atoms in total. The summed E-state index contributed by atoms with van der Waals surface area (Å²) in [4.78, 5) is 31.3. The number of methoxy groups -OCH3 is 1. The van der Waals surface area contributed by atoms with E-state index in [-0.39, 0.29) is 15.8 Å². The molecule has 0 bridgehead atoms. The molecule has 0 amide bonds. The van der Waals surface area contributed by atoms with Crippen molar-refractivity contribution in [3.63, 3.8) is 0 Å². The Morgan fingerprint density at radius 2 is 1.82 bits per heavy atom. The monoisotopic (exact) mass is 467 g/mol. The van der Waals surface area contributed by atoms with E-state index in [9.17, 15) is 14.9 Å². The second-order valence-corrected chi connectivity index (χ2v) is 8.63. The molecular weight excluding hydrogens is 446 g/mol. The zero-order valence-electron chi connectivity index (χ0n) is 18.9. The molecule has 2 heterocycles. The summed E-state index contributed by atoms with van der Waals surface area (Å²) >= 11 is 1.10. The van der Waals surface area contributed by atoms with E-state index in [0.29, 0.717) is 27.2 Å². The van der Waals surface area contributed by atoms with Crippen LogP contribution in [-0.4, -0.2) is 22.4 Å². The van der Waals surface area contributed by atoms with E-state index < -0.39 is 5.78 Å². The number of carbonyl (C=O) groups excluding carboxylic acids is 1. The number of hydrogen-bond acceptors (Lipinski definition) is 6. The number of aromatic nitrogens is 2. The van der Waals surface area contributed by atoms with E-state index in [0.717, 1.165) is 22.5 Å². The number of benzene rings is 2. The highest BCUT2D eigenvalue weighted by atomic mass is 32.1. The van der Waals surface area contributed by atoms with Gasteiger partial charge in [0.05, 0.1) is 23.0 Å². The van der Waals surface area contributed by atoms with Crippen molar-refractivity contribution >= 4 is 28.8 Å². The molecule has 0 aliphatic carbocycles. The van der Waals surface area contributed by atoms with Crippen molar-refractivity contribution in [1.82, 2.24) is 9.55 Å². The lowest BCUT2D eigenvalue weighted by atomic mass is 10.0. The normalized spacial score (nSPS) is 12.2. The molecule has 7 heteroatoms. The second kappa shape index (κ2) is 9.69. The van der Waals surface area contributed by atoms with Gasteiger partial charge >= 0.3 is 0 Å². The van der Waals surface area contributed by atoms with Crippen LogP contribution in [-0.2, 0) is 0 Å². The van der Waals surface area contributed by atoms with Crippen LogP contribution in [0.15, 0.2) is 71.7 Å². The summed E-state index contributed by atoms with van der Waals surface area (Å²) in [7, 11) is 1.51. The van der Waals surface area contributed by atoms with Crippen LogP contribution in [0.5, 0.6) is 5.75 Å². The fourth-order valence-corrected chi connectivity index (χ4v) is 4.78. The predicted molar refractivity (Wildman–Crippen MR) is 133 cm³/mol. The molecular formula is C27H21N3O3S. The van der Waals surface area contributed by atoms with E-state index in [1.165, 1.54) is 11.7 Å². The van der Waals surface area contributed by atoms with Gasteiger partial charge in [-0.15, -0.1) is 11.3 Å². The van der Waals surface area contributed by atoms with Gasteiger partial charge in [0.25, 0.3) is 5.56 Å². The number of Topliss-reactive ketones (excluding diaryl/α,β-unsaturated/α-hetero) is 1. The van der Waals surface area contributed by atoms with Gasteiger partial charge in [0.2, 0.25) is 5.78 Å². The molecule has 0 aliphatic heterocycles. The lowest BCUT2D eigenvalue weighted by Crippen LogP contribution is -2.32. The molecule has 34 heavy (non-hydrogen) atoms. The van der Waals surface area contributed by atoms with Crippen LogP contribution in [0.1, 0.15) is 27.2 Å². The number of aryl methyl sites for hydroxylation is 2. The van der Waals surface area contributed by atoms with Crippen molar-refractivity contribution in [2.24, 2.45) is 0 Å². The number of hydrogen-bond donors (Lipinski definition) is 0. The number of nitrogens with zero attached hydrogens (tertiary/aromatic N) is 3. The average Bonchev–Trinajstić information content (AvgIpc) is 3.15. The minimum atomic E-state index is -0.480. The third-order valence-corrected chi connectivity index (χ3v) is 6.43. The molecule has 0 aliphatic rings. The number of nitriles is 1. The number of rotatable bonds is 5. The van der Waals surface area contributed by atoms with Crippen LogP contribution in [0.3, 0.4) is 0 Å². The Balaban J connectivity index is 2.10. The minimum absolute atomic E-state index is 0.112. The Bertz CT molecular complexity index is 1590. The Kier molecular flexibility index (Phi) is 6.53. The van der Waals surface area contributed by atoms with Crippen LogP contribution in [0.25, 0.3) is 17.3 Å². The maximum Gasteiger partial charge on any atom is 0.273 e. The van der Waals surface area contributed by atoms with Gasteiger partial charge in [0.1, 0.15) is 22.1 Å². The van der Waals surface area contributed by atoms with Gasteiger partial charge in [-0.3, -0.25) is 19.1 Å². The highest BCUT2D eigenvalue weighted by Crippen LogP contribution is 2.18. The highest BCUT2D eigenvalue weighted by molar-refractivity contribution is 7.07. The van der Waals surface area contributed by atoms with Gasteiger partial charge in [0.15, 0.2) is 0 Å². The SMILES string of the molecule is COc1cccc(C(=O)C(C#N)=c2sc(=Cc3ccccn3)c(=O)n2-c2c(C)cccc2C)c1. The molecule has 168 valence electrons. The molecule has 0 radical (unpaired) electrons. The Hall–Kier alpha value is -4.28. The first-order valence-electron chi connectivity index (χ1n) is 10.5. The van der Waals surface area contributed by atoms with Gasteiger partial charge in [-0.1, -0.05) is 36.4 Å². The van der Waals surface area contributed by atoms with Gasteiger partial charge in [-0.25, -0.2) is 0 Å². The van der Waals surface area contributed by atoms with Gasteiger partial charge in [-0.2, -0.15) is 5.26 Å². The van der Waals surface area contributed by atoms with E-state index in [2.05, 4.69) is 11.1 Å². The number of carbonyl (C=O) groups is 1. The summed E-state index contributed by atoms with van der Waals surface area (Å²) in [5.41, 5.74) is 2.87. The summed E-state index contributed by atoms with van der Waals surface area (Å²) in [5, 5.41) is 10.1. The maximum atomic E-state index is 13.6. The fraction of sp³-hybridized carbons (Fsp3) is 0.111. The Morgan fingerprint density at radius 1 is 1.09 bits per heavy atom. The van der Waals surface area contributed by atoms with E-state index in [1.807, 2.05) is 38.1 Å². The van der Waals surface area contributed by atoms with Crippen molar-refractivity contribution in [3.05, 3.63) is 109 Å². The zero-order valence-corrected chi connectivity index (χ0v) is 19.7. The molecule has 0 atom stereocenters. The lowest BCUT2D eigenvalue weighted by Gasteiger charge is -2.11. The van der Waals surface area contributed by atoms with Crippen molar-refractivity contribution < 1.29 is 9.53 Å². The van der Waals surface area contributed by atoms with Crippen molar-refractivity contribution in [2.75, 3.05) is 7.11 Å². The summed E-state index contributed by atoms with van der Waals surface area (Å²) in [6.45, 7) is 3.79. The topological polar surface area (TPSA) is 85.0 Å². The van der Waals surface area contributed by atoms with Crippen LogP contribution in [0.4, 0.5) is 0 Å². The second-order valence-electron chi connectivity index (χ2n) is 7.60. The van der Waals surface area contributed by atoms with Crippen molar-refractivity contribution in [1.29, 1.82) is 5.26 Å². The van der Waals surface area contributed by atoms with Gasteiger partial charge in [-0.05, 0) is 55.3 Å². The van der Waals surface area contributed by atoms with Crippen LogP contribution in [0, 0.1) is 25.2 Å². The predicted octanol–water partition coefficient (Wildman–Crippen LogP) is 3.31.